The van der Waals surface area contributed by atoms with Crippen LogP contribution in [0.4, 0.5) is 0 Å². The fourth-order valence-electron chi connectivity index (χ4n) is 2.79. The standard InChI is InChI=1S/C14H23NO3S/c1-14(13(17)18)4-6-15(7-5-14)12(16)10-11-2-8-19-9-3-11/h11H,2-10H2,1H3,(H,17,18). The van der Waals surface area contributed by atoms with Crippen LogP contribution in [0.2, 0.25) is 0 Å². The van der Waals surface area contributed by atoms with Crippen molar-refractivity contribution in [1.29, 1.82) is 0 Å². The monoisotopic (exact) mass is 285 g/mol. The molecule has 19 heavy (non-hydrogen) atoms. The van der Waals surface area contributed by atoms with Crippen LogP contribution in [-0.4, -0.2) is 46.5 Å². The molecule has 0 aromatic heterocycles. The number of aliphatic carboxylic acids is 1. The number of likely N-dealkylation sites (tertiary alicyclic amines) is 1. The average Bonchev–Trinajstić information content (AvgIpc) is 2.40. The van der Waals surface area contributed by atoms with Gasteiger partial charge in [0.1, 0.15) is 0 Å². The predicted molar refractivity (Wildman–Crippen MR) is 76.2 cm³/mol. The zero-order chi connectivity index (χ0) is 13.9. The molecule has 0 atom stereocenters. The minimum absolute atomic E-state index is 0.226. The van der Waals surface area contributed by atoms with Gasteiger partial charge >= 0.3 is 5.97 Å². The Kier molecular flexibility index (Phi) is 4.76. The Hall–Kier alpha value is -0.710. The molecular formula is C14H23NO3S. The van der Waals surface area contributed by atoms with Crippen molar-refractivity contribution in [1.82, 2.24) is 4.90 Å². The summed E-state index contributed by atoms with van der Waals surface area (Å²) in [4.78, 5) is 25.3. The summed E-state index contributed by atoms with van der Waals surface area (Å²) in [6.45, 7) is 2.99. The van der Waals surface area contributed by atoms with Gasteiger partial charge in [0.2, 0.25) is 5.91 Å². The normalized spacial score (nSPS) is 24.2. The van der Waals surface area contributed by atoms with Crippen LogP contribution >= 0.6 is 11.8 Å². The van der Waals surface area contributed by atoms with E-state index in [2.05, 4.69) is 0 Å². The highest BCUT2D eigenvalue weighted by molar-refractivity contribution is 7.99. The molecule has 0 aromatic carbocycles. The molecule has 2 aliphatic heterocycles. The number of carboxylic acid groups (broad SMARTS) is 1. The fraction of sp³-hybridized carbons (Fsp3) is 0.857. The van der Waals surface area contributed by atoms with Crippen molar-refractivity contribution in [2.24, 2.45) is 11.3 Å². The largest absolute Gasteiger partial charge is 0.481 e. The second kappa shape index (κ2) is 6.16. The molecule has 2 fully saturated rings. The number of nitrogens with zero attached hydrogens (tertiary/aromatic N) is 1. The van der Waals surface area contributed by atoms with Crippen LogP contribution in [0.1, 0.15) is 39.0 Å². The number of hydrogen-bond acceptors (Lipinski definition) is 3. The summed E-state index contributed by atoms with van der Waals surface area (Å²) >= 11 is 1.97. The molecule has 0 aromatic rings. The van der Waals surface area contributed by atoms with Gasteiger partial charge in [0.15, 0.2) is 0 Å². The molecule has 1 N–H and O–H groups in total. The molecule has 2 heterocycles. The van der Waals surface area contributed by atoms with Gasteiger partial charge in [0.25, 0.3) is 0 Å². The van der Waals surface area contributed by atoms with Crippen LogP contribution in [0.25, 0.3) is 0 Å². The molecule has 0 saturated carbocycles. The van der Waals surface area contributed by atoms with Crippen molar-refractivity contribution < 1.29 is 14.7 Å². The maximum absolute atomic E-state index is 12.2. The zero-order valence-electron chi connectivity index (χ0n) is 11.6. The van der Waals surface area contributed by atoms with Gasteiger partial charge in [0.05, 0.1) is 5.41 Å². The third kappa shape index (κ3) is 3.65. The lowest BCUT2D eigenvalue weighted by Gasteiger charge is -2.37. The van der Waals surface area contributed by atoms with Crippen molar-refractivity contribution in [2.75, 3.05) is 24.6 Å². The molecule has 108 valence electrons. The van der Waals surface area contributed by atoms with E-state index in [-0.39, 0.29) is 5.91 Å². The van der Waals surface area contributed by atoms with Gasteiger partial charge < -0.3 is 10.0 Å². The summed E-state index contributed by atoms with van der Waals surface area (Å²) in [6, 6.07) is 0. The summed E-state index contributed by atoms with van der Waals surface area (Å²) in [5.74, 6) is 2.39. The number of rotatable bonds is 3. The second-order valence-electron chi connectivity index (χ2n) is 6.01. The quantitative estimate of drug-likeness (QED) is 0.864. The Balaban J connectivity index is 1.80. The number of carbonyl (C=O) groups excluding carboxylic acids is 1. The lowest BCUT2D eigenvalue weighted by atomic mass is 9.80. The van der Waals surface area contributed by atoms with Crippen LogP contribution in [0.5, 0.6) is 0 Å². The highest BCUT2D eigenvalue weighted by Crippen LogP contribution is 2.32. The molecule has 0 unspecified atom stereocenters. The van der Waals surface area contributed by atoms with Crippen LogP contribution in [-0.2, 0) is 9.59 Å². The number of hydrogen-bond donors (Lipinski definition) is 1. The van der Waals surface area contributed by atoms with Crippen molar-refractivity contribution in [3.63, 3.8) is 0 Å². The van der Waals surface area contributed by atoms with Crippen molar-refractivity contribution >= 4 is 23.6 Å². The minimum atomic E-state index is -0.732. The highest BCUT2D eigenvalue weighted by atomic mass is 32.2. The smallest absolute Gasteiger partial charge is 0.309 e. The molecule has 5 heteroatoms. The molecular weight excluding hydrogens is 262 g/mol. The van der Waals surface area contributed by atoms with Crippen LogP contribution < -0.4 is 0 Å². The highest BCUT2D eigenvalue weighted by Gasteiger charge is 2.38. The first-order valence-electron chi connectivity index (χ1n) is 7.10. The summed E-state index contributed by atoms with van der Waals surface area (Å²) in [6.07, 6.45) is 4.11. The first-order chi connectivity index (χ1) is 9.01. The number of amides is 1. The number of piperidine rings is 1. The topological polar surface area (TPSA) is 57.6 Å². The summed E-state index contributed by atoms with van der Waals surface area (Å²) < 4.78 is 0. The molecule has 0 bridgehead atoms. The molecule has 0 aliphatic carbocycles. The predicted octanol–water partition coefficient (Wildman–Crippen LogP) is 2.23. The third-order valence-electron chi connectivity index (χ3n) is 4.54. The SMILES string of the molecule is CC1(C(=O)O)CCN(C(=O)CC2CCSCC2)CC1. The van der Waals surface area contributed by atoms with E-state index < -0.39 is 11.4 Å². The van der Waals surface area contributed by atoms with Crippen LogP contribution in [0.3, 0.4) is 0 Å². The summed E-state index contributed by atoms with van der Waals surface area (Å²) in [7, 11) is 0. The second-order valence-corrected chi connectivity index (χ2v) is 7.23. The molecule has 4 nitrogen and oxygen atoms in total. The van der Waals surface area contributed by atoms with E-state index in [4.69, 9.17) is 0 Å². The van der Waals surface area contributed by atoms with Gasteiger partial charge in [-0.25, -0.2) is 0 Å². The fourth-order valence-corrected chi connectivity index (χ4v) is 3.99. The van der Waals surface area contributed by atoms with Gasteiger partial charge in [0, 0.05) is 19.5 Å². The van der Waals surface area contributed by atoms with Gasteiger partial charge in [-0.05, 0) is 50.0 Å². The third-order valence-corrected chi connectivity index (χ3v) is 5.59. The zero-order valence-corrected chi connectivity index (χ0v) is 12.4. The van der Waals surface area contributed by atoms with Gasteiger partial charge in [-0.2, -0.15) is 11.8 Å². The van der Waals surface area contributed by atoms with Crippen molar-refractivity contribution in [3.05, 3.63) is 0 Å². The van der Waals surface area contributed by atoms with Crippen LogP contribution in [0, 0.1) is 11.3 Å². The van der Waals surface area contributed by atoms with E-state index in [9.17, 15) is 14.7 Å². The van der Waals surface area contributed by atoms with Crippen molar-refractivity contribution in [3.8, 4) is 0 Å². The number of carboxylic acids is 1. The molecule has 1 amide bonds. The molecule has 2 rings (SSSR count). The van der Waals surface area contributed by atoms with E-state index in [0.717, 1.165) is 12.8 Å². The first-order valence-corrected chi connectivity index (χ1v) is 8.26. The lowest BCUT2D eigenvalue weighted by molar-refractivity contribution is -0.153. The Morgan fingerprint density at radius 3 is 2.37 bits per heavy atom. The summed E-state index contributed by atoms with van der Waals surface area (Å²) in [5.41, 5.74) is -0.641. The molecule has 2 saturated heterocycles. The van der Waals surface area contributed by atoms with Gasteiger partial charge in [-0.3, -0.25) is 9.59 Å². The molecule has 2 aliphatic rings. The average molecular weight is 285 g/mol. The molecule has 0 spiro atoms. The maximum atomic E-state index is 12.2. The Morgan fingerprint density at radius 2 is 1.84 bits per heavy atom. The minimum Gasteiger partial charge on any atom is -0.481 e. The Bertz CT molecular complexity index is 345. The lowest BCUT2D eigenvalue weighted by Crippen LogP contribution is -2.45. The van der Waals surface area contributed by atoms with E-state index in [1.165, 1.54) is 11.5 Å². The van der Waals surface area contributed by atoms with E-state index in [1.54, 1.807) is 6.92 Å². The number of thioether (sulfide) groups is 1. The van der Waals surface area contributed by atoms with E-state index in [0.29, 0.717) is 38.3 Å². The van der Waals surface area contributed by atoms with Crippen molar-refractivity contribution in [2.45, 2.75) is 39.0 Å². The van der Waals surface area contributed by atoms with E-state index >= 15 is 0 Å². The first kappa shape index (κ1) is 14.7. The van der Waals surface area contributed by atoms with Gasteiger partial charge in [-0.15, -0.1) is 0 Å². The molecule has 0 radical (unpaired) electrons. The Labute approximate surface area is 118 Å². The Morgan fingerprint density at radius 1 is 1.26 bits per heavy atom. The number of carbonyl (C=O) groups is 2. The van der Waals surface area contributed by atoms with E-state index in [1.807, 2.05) is 16.7 Å². The van der Waals surface area contributed by atoms with Gasteiger partial charge in [-0.1, -0.05) is 0 Å². The summed E-state index contributed by atoms with van der Waals surface area (Å²) in [5, 5.41) is 9.18. The maximum Gasteiger partial charge on any atom is 0.309 e. The van der Waals surface area contributed by atoms with Crippen LogP contribution in [0.15, 0.2) is 0 Å².